The monoisotopic (exact) mass is 394 g/mol. The van der Waals surface area contributed by atoms with Crippen molar-refractivity contribution in [2.45, 2.75) is 23.9 Å². The van der Waals surface area contributed by atoms with Gasteiger partial charge < -0.3 is 0 Å². The van der Waals surface area contributed by atoms with E-state index >= 15 is 0 Å². The van der Waals surface area contributed by atoms with Gasteiger partial charge in [0.2, 0.25) is 0 Å². The molecule has 2 aromatic rings. The first-order valence-electron chi connectivity index (χ1n) is 6.30. The Hall–Kier alpha value is -1.02. The van der Waals surface area contributed by atoms with Crippen LogP contribution in [0.4, 0.5) is 0 Å². The molecule has 5 nitrogen and oxygen atoms in total. The normalized spacial score (nSPS) is 12.3. The first-order chi connectivity index (χ1) is 10.5. The highest BCUT2D eigenvalue weighted by Gasteiger charge is 2.13. The molecule has 2 rings (SSSR count). The molecule has 0 saturated heterocycles. The van der Waals surface area contributed by atoms with E-state index < -0.39 is 20.6 Å². The van der Waals surface area contributed by atoms with Crippen molar-refractivity contribution in [3.05, 3.63) is 45.7 Å². The van der Waals surface area contributed by atoms with Crippen LogP contribution < -0.4 is 0 Å². The Balaban J connectivity index is 0.000000231. The maximum Gasteiger partial charge on any atom is 0.194 e. The minimum absolute atomic E-state index is 0.0604. The van der Waals surface area contributed by atoms with E-state index in [4.69, 9.17) is 23.2 Å². The van der Waals surface area contributed by atoms with Crippen LogP contribution in [-0.4, -0.2) is 35.1 Å². The van der Waals surface area contributed by atoms with Crippen molar-refractivity contribution in [3.8, 4) is 0 Å². The third-order valence-corrected chi connectivity index (χ3v) is 5.21. The van der Waals surface area contributed by atoms with E-state index in [1.54, 1.807) is 31.5 Å². The molecule has 0 aliphatic heterocycles. The quantitative estimate of drug-likeness (QED) is 0.780. The van der Waals surface area contributed by atoms with Gasteiger partial charge in [-0.3, -0.25) is 4.21 Å². The average molecular weight is 395 g/mol. The highest BCUT2D eigenvalue weighted by atomic mass is 35.5. The fourth-order valence-electron chi connectivity index (χ4n) is 1.53. The molecule has 0 spiro atoms. The molecule has 0 radical (unpaired) electrons. The molecule has 2 heterocycles. The Kier molecular flexibility index (Phi) is 7.13. The van der Waals surface area contributed by atoms with Crippen LogP contribution in [0.3, 0.4) is 0 Å². The predicted octanol–water partition coefficient (Wildman–Crippen LogP) is 3.23. The third kappa shape index (κ3) is 6.18. The molecule has 126 valence electrons. The summed E-state index contributed by atoms with van der Waals surface area (Å²) in [7, 11) is -4.39. The van der Waals surface area contributed by atoms with Gasteiger partial charge in [-0.1, -0.05) is 23.2 Å². The fourth-order valence-corrected chi connectivity index (χ4v) is 3.91. The molecule has 0 aliphatic carbocycles. The van der Waals surface area contributed by atoms with Crippen LogP contribution >= 0.6 is 23.2 Å². The first kappa shape index (κ1) is 20.0. The highest BCUT2D eigenvalue weighted by Crippen LogP contribution is 2.19. The minimum Gasteiger partial charge on any atom is -0.253 e. The molecule has 0 bridgehead atoms. The van der Waals surface area contributed by atoms with Crippen molar-refractivity contribution in [2.24, 2.45) is 0 Å². The molecule has 23 heavy (non-hydrogen) atoms. The number of rotatable bonds is 2. The van der Waals surface area contributed by atoms with Gasteiger partial charge in [0.15, 0.2) is 14.9 Å². The second-order valence-electron chi connectivity index (χ2n) is 4.83. The Morgan fingerprint density at radius 3 is 1.87 bits per heavy atom. The number of halogens is 2. The van der Waals surface area contributed by atoms with Crippen LogP contribution in [0, 0.1) is 13.8 Å². The zero-order valence-electron chi connectivity index (χ0n) is 13.0. The lowest BCUT2D eigenvalue weighted by Gasteiger charge is -2.00. The summed E-state index contributed by atoms with van der Waals surface area (Å²) in [5, 5.41) is 1.05. The van der Waals surface area contributed by atoms with Gasteiger partial charge in [-0.05, 0) is 37.1 Å². The van der Waals surface area contributed by atoms with Crippen molar-refractivity contribution in [2.75, 3.05) is 12.5 Å². The molecule has 0 fully saturated rings. The van der Waals surface area contributed by atoms with Crippen molar-refractivity contribution < 1.29 is 12.6 Å². The summed E-state index contributed by atoms with van der Waals surface area (Å²) in [5.74, 6) is 0. The largest absolute Gasteiger partial charge is 0.253 e. The Bertz CT molecular complexity index is 840. The van der Waals surface area contributed by atoms with E-state index in [1.807, 2.05) is 6.92 Å². The lowest BCUT2D eigenvalue weighted by molar-refractivity contribution is 0.598. The second kappa shape index (κ2) is 8.19. The fraction of sp³-hybridized carbons (Fsp3) is 0.286. The van der Waals surface area contributed by atoms with Crippen LogP contribution in [0.2, 0.25) is 10.0 Å². The number of sulfone groups is 1. The van der Waals surface area contributed by atoms with Crippen LogP contribution in [0.25, 0.3) is 0 Å². The van der Waals surface area contributed by atoms with Gasteiger partial charge in [0.25, 0.3) is 0 Å². The van der Waals surface area contributed by atoms with Crippen LogP contribution in [-0.2, 0) is 20.6 Å². The second-order valence-corrected chi connectivity index (χ2v) is 8.87. The summed E-state index contributed by atoms with van der Waals surface area (Å²) < 4.78 is 33.0. The standard InChI is InChI=1S/C7H8ClNO2S.C7H8ClNOS/c1-5-3-6(8)7(9-4-5)12(2,10)11;1-5-3-6(8)7(9-4-5)11(2)10/h3-4H,1-2H3;3-4H,1-2H3. The SMILES string of the molecule is Cc1cnc(S(C)(=O)=O)c(Cl)c1.Cc1cnc(S(C)=O)c(Cl)c1. The maximum absolute atomic E-state index is 11.0. The number of aromatic nitrogens is 2. The van der Waals surface area contributed by atoms with Crippen molar-refractivity contribution in [3.63, 3.8) is 0 Å². The summed E-state index contributed by atoms with van der Waals surface area (Å²) in [4.78, 5) is 7.67. The molecule has 0 amide bonds. The summed E-state index contributed by atoms with van der Waals surface area (Å²) in [6.45, 7) is 3.69. The van der Waals surface area contributed by atoms with Gasteiger partial charge >= 0.3 is 0 Å². The maximum atomic E-state index is 11.0. The first-order valence-corrected chi connectivity index (χ1v) is 10.5. The molecule has 0 saturated carbocycles. The van der Waals surface area contributed by atoms with E-state index in [0.29, 0.717) is 10.0 Å². The summed E-state index contributed by atoms with van der Waals surface area (Å²) in [5.41, 5.74) is 1.82. The van der Waals surface area contributed by atoms with Gasteiger partial charge in [-0.25, -0.2) is 18.4 Å². The Labute approximate surface area is 148 Å². The number of aryl methyl sites for hydroxylation is 2. The minimum atomic E-state index is -3.29. The summed E-state index contributed by atoms with van der Waals surface area (Å²) in [6.07, 6.45) is 5.77. The molecule has 0 N–H and O–H groups in total. The number of hydrogen-bond acceptors (Lipinski definition) is 5. The Morgan fingerprint density at radius 2 is 1.48 bits per heavy atom. The molecule has 0 aliphatic rings. The smallest absolute Gasteiger partial charge is 0.194 e. The molecule has 9 heteroatoms. The van der Waals surface area contributed by atoms with E-state index in [-0.39, 0.29) is 10.0 Å². The van der Waals surface area contributed by atoms with Gasteiger partial charge in [-0.15, -0.1) is 0 Å². The zero-order valence-corrected chi connectivity index (χ0v) is 16.1. The molecule has 0 aromatic carbocycles. The predicted molar refractivity (Wildman–Crippen MR) is 93.4 cm³/mol. The van der Waals surface area contributed by atoms with Gasteiger partial charge in [0.05, 0.1) is 20.8 Å². The molecule has 2 aromatic heterocycles. The zero-order chi connectivity index (χ0) is 17.8. The molecule has 1 atom stereocenters. The highest BCUT2D eigenvalue weighted by molar-refractivity contribution is 7.90. The van der Waals surface area contributed by atoms with E-state index in [1.165, 1.54) is 6.20 Å². The van der Waals surface area contributed by atoms with E-state index in [0.717, 1.165) is 17.4 Å². The van der Waals surface area contributed by atoms with E-state index in [9.17, 15) is 12.6 Å². The van der Waals surface area contributed by atoms with Crippen LogP contribution in [0.5, 0.6) is 0 Å². The van der Waals surface area contributed by atoms with Crippen molar-refractivity contribution in [1.29, 1.82) is 0 Å². The van der Waals surface area contributed by atoms with Crippen LogP contribution in [0.15, 0.2) is 34.6 Å². The topological polar surface area (TPSA) is 77.0 Å². The number of pyridine rings is 2. The molecular formula is C14H16Cl2N2O3S2. The lowest BCUT2D eigenvalue weighted by Crippen LogP contribution is -2.01. The van der Waals surface area contributed by atoms with Crippen molar-refractivity contribution in [1.82, 2.24) is 9.97 Å². The van der Waals surface area contributed by atoms with Gasteiger partial charge in [0.1, 0.15) is 5.03 Å². The molecular weight excluding hydrogens is 379 g/mol. The number of hydrogen-bond donors (Lipinski definition) is 0. The Morgan fingerprint density at radius 1 is 1.00 bits per heavy atom. The molecule has 1 unspecified atom stereocenters. The number of nitrogens with zero attached hydrogens (tertiary/aromatic N) is 2. The summed E-state index contributed by atoms with van der Waals surface area (Å²) >= 11 is 11.4. The van der Waals surface area contributed by atoms with Crippen LogP contribution in [0.1, 0.15) is 11.1 Å². The summed E-state index contributed by atoms with van der Waals surface area (Å²) in [6, 6.07) is 3.33. The third-order valence-electron chi connectivity index (χ3n) is 2.51. The lowest BCUT2D eigenvalue weighted by atomic mass is 10.3. The average Bonchev–Trinajstić information content (AvgIpc) is 2.36. The van der Waals surface area contributed by atoms with Gasteiger partial charge in [-0.2, -0.15) is 0 Å². The van der Waals surface area contributed by atoms with Crippen molar-refractivity contribution >= 4 is 43.8 Å². The van der Waals surface area contributed by atoms with E-state index in [2.05, 4.69) is 9.97 Å². The van der Waals surface area contributed by atoms with Gasteiger partial charge in [0, 0.05) is 24.9 Å².